The topological polar surface area (TPSA) is 55.4 Å². The van der Waals surface area contributed by atoms with Gasteiger partial charge < -0.3 is 10.1 Å². The predicted molar refractivity (Wildman–Crippen MR) is 82.2 cm³/mol. The van der Waals surface area contributed by atoms with Gasteiger partial charge in [-0.05, 0) is 55.9 Å². The van der Waals surface area contributed by atoms with Crippen LogP contribution in [0, 0.1) is 11.8 Å². The number of esters is 1. The number of carbonyl (C=O) groups excluding carboxylic acids is 2. The molecule has 4 nitrogen and oxygen atoms in total. The van der Waals surface area contributed by atoms with Crippen LogP contribution in [0.4, 0.5) is 5.69 Å². The molecule has 1 fully saturated rings. The highest BCUT2D eigenvalue weighted by molar-refractivity contribution is 6.30. The maximum Gasteiger partial charge on any atom is 0.308 e. The largest absolute Gasteiger partial charge is 0.469 e. The number of nitrogens with one attached hydrogen (secondary N) is 1. The molecule has 0 aliphatic heterocycles. The molecule has 1 saturated carbocycles. The molecule has 5 heteroatoms. The van der Waals surface area contributed by atoms with E-state index < -0.39 is 0 Å². The normalized spacial score (nSPS) is 21.6. The van der Waals surface area contributed by atoms with E-state index in [1.807, 2.05) is 0 Å². The summed E-state index contributed by atoms with van der Waals surface area (Å²) in [4.78, 5) is 23.5. The first kappa shape index (κ1) is 15.8. The summed E-state index contributed by atoms with van der Waals surface area (Å²) in [7, 11) is 1.42. The van der Waals surface area contributed by atoms with Gasteiger partial charge in [-0.15, -0.1) is 0 Å². The van der Waals surface area contributed by atoms with Gasteiger partial charge in [0.25, 0.3) is 0 Å². The number of benzene rings is 1. The Kier molecular flexibility index (Phi) is 5.62. The summed E-state index contributed by atoms with van der Waals surface area (Å²) in [6, 6.07) is 7.07. The molecular weight excluding hydrogens is 290 g/mol. The van der Waals surface area contributed by atoms with Gasteiger partial charge in [0.05, 0.1) is 13.0 Å². The molecule has 0 heterocycles. The van der Waals surface area contributed by atoms with Crippen LogP contribution in [0.15, 0.2) is 24.3 Å². The lowest BCUT2D eigenvalue weighted by Crippen LogP contribution is -2.25. The van der Waals surface area contributed by atoms with Crippen LogP contribution in [0.2, 0.25) is 5.02 Å². The Hall–Kier alpha value is -1.55. The Labute approximate surface area is 129 Å². The Morgan fingerprint density at radius 1 is 1.19 bits per heavy atom. The molecular formula is C16H20ClNO3. The SMILES string of the molecule is COC(=O)[C@H]1CC[C@@H](CC(=O)Nc2ccc(Cl)cc2)CC1. The van der Waals surface area contributed by atoms with Gasteiger partial charge in [-0.2, -0.15) is 0 Å². The van der Waals surface area contributed by atoms with E-state index in [4.69, 9.17) is 16.3 Å². The van der Waals surface area contributed by atoms with E-state index in [0.29, 0.717) is 17.4 Å². The lowest BCUT2D eigenvalue weighted by Gasteiger charge is -2.26. The Morgan fingerprint density at radius 3 is 2.38 bits per heavy atom. The fourth-order valence-electron chi connectivity index (χ4n) is 2.78. The van der Waals surface area contributed by atoms with E-state index in [1.54, 1.807) is 24.3 Å². The molecule has 1 aliphatic rings. The first-order chi connectivity index (χ1) is 10.1. The molecule has 1 aromatic carbocycles. The predicted octanol–water partition coefficient (Wildman–Crippen LogP) is 3.65. The van der Waals surface area contributed by atoms with E-state index in [-0.39, 0.29) is 17.8 Å². The molecule has 0 saturated heterocycles. The zero-order valence-electron chi connectivity index (χ0n) is 12.1. The monoisotopic (exact) mass is 309 g/mol. The molecule has 1 amide bonds. The van der Waals surface area contributed by atoms with Gasteiger partial charge in [-0.1, -0.05) is 11.6 Å². The van der Waals surface area contributed by atoms with Crippen molar-refractivity contribution in [1.82, 2.24) is 0 Å². The lowest BCUT2D eigenvalue weighted by molar-refractivity contribution is -0.146. The molecule has 1 N–H and O–H groups in total. The summed E-state index contributed by atoms with van der Waals surface area (Å²) < 4.78 is 4.77. The van der Waals surface area contributed by atoms with Gasteiger partial charge in [-0.25, -0.2) is 0 Å². The van der Waals surface area contributed by atoms with Crippen molar-refractivity contribution < 1.29 is 14.3 Å². The minimum atomic E-state index is -0.126. The smallest absolute Gasteiger partial charge is 0.308 e. The number of ether oxygens (including phenoxy) is 1. The quantitative estimate of drug-likeness (QED) is 0.864. The highest BCUT2D eigenvalue weighted by atomic mass is 35.5. The molecule has 0 atom stereocenters. The maximum atomic E-state index is 12.0. The molecule has 1 aromatic rings. The molecule has 0 bridgehead atoms. The summed E-state index contributed by atoms with van der Waals surface area (Å²) in [5.74, 6) is 0.238. The highest BCUT2D eigenvalue weighted by Gasteiger charge is 2.27. The van der Waals surface area contributed by atoms with Crippen molar-refractivity contribution in [1.29, 1.82) is 0 Å². The van der Waals surface area contributed by atoms with E-state index in [1.165, 1.54) is 7.11 Å². The van der Waals surface area contributed by atoms with Gasteiger partial charge in [0, 0.05) is 17.1 Å². The summed E-state index contributed by atoms with van der Waals surface area (Å²) in [6.45, 7) is 0. The molecule has 0 radical (unpaired) electrons. The molecule has 114 valence electrons. The molecule has 21 heavy (non-hydrogen) atoms. The second-order valence-corrected chi connectivity index (χ2v) is 5.94. The van der Waals surface area contributed by atoms with E-state index in [0.717, 1.165) is 31.4 Å². The fraction of sp³-hybridized carbons (Fsp3) is 0.500. The van der Waals surface area contributed by atoms with Crippen molar-refractivity contribution in [3.63, 3.8) is 0 Å². The molecule has 0 spiro atoms. The zero-order chi connectivity index (χ0) is 15.2. The zero-order valence-corrected chi connectivity index (χ0v) is 12.9. The summed E-state index contributed by atoms with van der Waals surface area (Å²) in [5, 5.41) is 3.52. The molecule has 2 rings (SSSR count). The fourth-order valence-corrected chi connectivity index (χ4v) is 2.90. The average molecular weight is 310 g/mol. The number of hydrogen-bond donors (Lipinski definition) is 1. The van der Waals surface area contributed by atoms with E-state index >= 15 is 0 Å². The van der Waals surface area contributed by atoms with Crippen LogP contribution < -0.4 is 5.32 Å². The first-order valence-electron chi connectivity index (χ1n) is 7.21. The van der Waals surface area contributed by atoms with E-state index in [9.17, 15) is 9.59 Å². The van der Waals surface area contributed by atoms with Crippen molar-refractivity contribution in [3.05, 3.63) is 29.3 Å². The Morgan fingerprint density at radius 2 is 1.81 bits per heavy atom. The lowest BCUT2D eigenvalue weighted by atomic mass is 9.80. The van der Waals surface area contributed by atoms with Crippen LogP contribution in [-0.2, 0) is 14.3 Å². The number of methoxy groups -OCH3 is 1. The minimum absolute atomic E-state index is 0.00516. The second-order valence-electron chi connectivity index (χ2n) is 5.50. The van der Waals surface area contributed by atoms with Crippen molar-refractivity contribution in [2.75, 3.05) is 12.4 Å². The number of hydrogen-bond acceptors (Lipinski definition) is 3. The van der Waals surface area contributed by atoms with Gasteiger partial charge >= 0.3 is 5.97 Å². The van der Waals surface area contributed by atoms with Gasteiger partial charge in [-0.3, -0.25) is 9.59 Å². The third-order valence-corrected chi connectivity index (χ3v) is 4.24. The molecule has 0 unspecified atom stereocenters. The van der Waals surface area contributed by atoms with Crippen LogP contribution in [0.25, 0.3) is 0 Å². The van der Waals surface area contributed by atoms with Gasteiger partial charge in [0.2, 0.25) is 5.91 Å². The highest BCUT2D eigenvalue weighted by Crippen LogP contribution is 2.31. The number of carbonyl (C=O) groups is 2. The van der Waals surface area contributed by atoms with Crippen LogP contribution in [0.3, 0.4) is 0 Å². The second kappa shape index (κ2) is 7.46. The number of amides is 1. The van der Waals surface area contributed by atoms with E-state index in [2.05, 4.69) is 5.32 Å². The van der Waals surface area contributed by atoms with Crippen LogP contribution in [0.5, 0.6) is 0 Å². The Bertz CT molecular complexity index is 493. The van der Waals surface area contributed by atoms with Crippen molar-refractivity contribution >= 4 is 29.2 Å². The number of rotatable bonds is 4. The molecule has 0 aromatic heterocycles. The standard InChI is InChI=1S/C16H20ClNO3/c1-21-16(20)12-4-2-11(3-5-12)10-15(19)18-14-8-6-13(17)7-9-14/h6-9,11-12H,2-5,10H2,1H3,(H,18,19)/t11-,12+. The third kappa shape index (κ3) is 4.74. The maximum absolute atomic E-state index is 12.0. The molecule has 1 aliphatic carbocycles. The average Bonchev–Trinajstić information content (AvgIpc) is 2.49. The summed E-state index contributed by atoms with van der Waals surface area (Å²) in [6.07, 6.45) is 3.91. The number of anilines is 1. The summed E-state index contributed by atoms with van der Waals surface area (Å²) in [5.41, 5.74) is 0.757. The minimum Gasteiger partial charge on any atom is -0.469 e. The van der Waals surface area contributed by atoms with Crippen LogP contribution >= 0.6 is 11.6 Å². The summed E-state index contributed by atoms with van der Waals surface area (Å²) >= 11 is 5.80. The van der Waals surface area contributed by atoms with Crippen LogP contribution in [0.1, 0.15) is 32.1 Å². The number of halogens is 1. The van der Waals surface area contributed by atoms with Crippen molar-refractivity contribution in [2.24, 2.45) is 11.8 Å². The first-order valence-corrected chi connectivity index (χ1v) is 7.59. The van der Waals surface area contributed by atoms with Gasteiger partial charge in [0.1, 0.15) is 0 Å². The third-order valence-electron chi connectivity index (χ3n) is 3.98. The van der Waals surface area contributed by atoms with Crippen molar-refractivity contribution in [3.8, 4) is 0 Å². The van der Waals surface area contributed by atoms with Crippen LogP contribution in [-0.4, -0.2) is 19.0 Å². The van der Waals surface area contributed by atoms with Gasteiger partial charge in [0.15, 0.2) is 0 Å². The van der Waals surface area contributed by atoms with Crippen molar-refractivity contribution in [2.45, 2.75) is 32.1 Å². The Balaban J connectivity index is 1.76.